The van der Waals surface area contributed by atoms with E-state index >= 15 is 0 Å². The Labute approximate surface area is 125 Å². The van der Waals surface area contributed by atoms with Crippen molar-refractivity contribution in [2.45, 2.75) is 32.4 Å². The monoisotopic (exact) mass is 302 g/mol. The molecule has 2 N–H and O–H groups in total. The highest BCUT2D eigenvalue weighted by molar-refractivity contribution is 5.81. The Morgan fingerprint density at radius 1 is 1.48 bits per heavy atom. The third kappa shape index (κ3) is 4.94. The van der Waals surface area contributed by atoms with E-state index in [2.05, 4.69) is 5.32 Å². The predicted molar refractivity (Wildman–Crippen MR) is 77.1 cm³/mol. The van der Waals surface area contributed by atoms with Gasteiger partial charge in [-0.25, -0.2) is 0 Å². The first-order valence-corrected chi connectivity index (χ1v) is 7.35. The van der Waals surface area contributed by atoms with Gasteiger partial charge in [0.05, 0.1) is 25.2 Å². The molecule has 0 spiro atoms. The molecule has 0 saturated carbocycles. The second-order valence-electron chi connectivity index (χ2n) is 5.19. The summed E-state index contributed by atoms with van der Waals surface area (Å²) in [7, 11) is 1.62. The van der Waals surface area contributed by atoms with Gasteiger partial charge in [0.2, 0.25) is 5.91 Å². The van der Waals surface area contributed by atoms with Crippen molar-refractivity contribution in [2.24, 2.45) is 5.92 Å². The van der Waals surface area contributed by atoms with E-state index in [1.54, 1.807) is 14.0 Å². The first-order chi connectivity index (χ1) is 10.0. The van der Waals surface area contributed by atoms with E-state index in [1.807, 2.05) is 11.8 Å². The molecule has 1 fully saturated rings. The fourth-order valence-electron chi connectivity index (χ4n) is 2.63. The van der Waals surface area contributed by atoms with Crippen molar-refractivity contribution in [1.29, 1.82) is 0 Å². The predicted octanol–water partition coefficient (Wildman–Crippen LogP) is -0.0509. The lowest BCUT2D eigenvalue weighted by Gasteiger charge is -2.33. The van der Waals surface area contributed by atoms with Crippen LogP contribution in [0.2, 0.25) is 0 Å². The van der Waals surface area contributed by atoms with Gasteiger partial charge in [-0.15, -0.1) is 0 Å². The van der Waals surface area contributed by atoms with Crippen molar-refractivity contribution in [1.82, 2.24) is 10.2 Å². The van der Waals surface area contributed by atoms with Crippen molar-refractivity contribution in [2.75, 3.05) is 40.0 Å². The van der Waals surface area contributed by atoms with Crippen LogP contribution in [-0.4, -0.2) is 74.0 Å². The minimum absolute atomic E-state index is 0.0935. The molecule has 7 heteroatoms. The van der Waals surface area contributed by atoms with Crippen LogP contribution in [0.15, 0.2) is 0 Å². The van der Waals surface area contributed by atoms with E-state index in [0.717, 1.165) is 6.42 Å². The Balaban J connectivity index is 2.57. The van der Waals surface area contributed by atoms with Crippen LogP contribution in [0.4, 0.5) is 0 Å². The maximum atomic E-state index is 12.2. The van der Waals surface area contributed by atoms with Gasteiger partial charge >= 0.3 is 5.97 Å². The molecule has 1 amide bonds. The quantitative estimate of drug-likeness (QED) is 0.581. The fourth-order valence-corrected chi connectivity index (χ4v) is 2.63. The number of carbonyl (C=O) groups excluding carboxylic acids is 1. The Morgan fingerprint density at radius 2 is 2.19 bits per heavy atom. The molecule has 0 aromatic rings. The number of carboxylic acid groups (broad SMARTS) is 1. The molecule has 1 aliphatic heterocycles. The number of ether oxygens (including phenoxy) is 2. The highest BCUT2D eigenvalue weighted by atomic mass is 16.5. The molecule has 1 heterocycles. The molecule has 3 atom stereocenters. The zero-order valence-electron chi connectivity index (χ0n) is 13.0. The highest BCUT2D eigenvalue weighted by Gasteiger charge is 2.40. The third-order valence-electron chi connectivity index (χ3n) is 3.86. The molecule has 3 unspecified atom stereocenters. The summed E-state index contributed by atoms with van der Waals surface area (Å²) in [4.78, 5) is 25.3. The maximum absolute atomic E-state index is 12.2. The Morgan fingerprint density at radius 3 is 2.76 bits per heavy atom. The van der Waals surface area contributed by atoms with Gasteiger partial charge in [0.25, 0.3) is 0 Å². The lowest BCUT2D eigenvalue weighted by molar-refractivity contribution is -0.144. The minimum Gasteiger partial charge on any atom is -0.481 e. The van der Waals surface area contributed by atoms with Gasteiger partial charge < -0.3 is 19.9 Å². The van der Waals surface area contributed by atoms with Crippen molar-refractivity contribution < 1.29 is 24.2 Å². The fraction of sp³-hybridized carbons (Fsp3) is 0.857. The first kappa shape index (κ1) is 17.9. The zero-order chi connectivity index (χ0) is 15.8. The Bertz CT molecular complexity index is 350. The average molecular weight is 302 g/mol. The van der Waals surface area contributed by atoms with E-state index in [9.17, 15) is 14.7 Å². The molecular formula is C14H26N2O5. The van der Waals surface area contributed by atoms with Crippen LogP contribution in [-0.2, 0) is 19.1 Å². The molecule has 122 valence electrons. The third-order valence-corrected chi connectivity index (χ3v) is 3.86. The molecule has 1 saturated heterocycles. The van der Waals surface area contributed by atoms with E-state index in [0.29, 0.717) is 26.3 Å². The summed E-state index contributed by atoms with van der Waals surface area (Å²) in [6.07, 6.45) is 0.755. The van der Waals surface area contributed by atoms with Gasteiger partial charge in [-0.3, -0.25) is 14.5 Å². The van der Waals surface area contributed by atoms with Crippen molar-refractivity contribution in [3.63, 3.8) is 0 Å². The normalized spacial score (nSPS) is 23.2. The summed E-state index contributed by atoms with van der Waals surface area (Å²) in [6.45, 7) is 6.04. The standard InChI is InChI=1S/C14H26N2O5/c1-4-16(12-9-21-8-11(12)14(18)19)10(2)13(17)15-6-5-7-20-3/h10-12H,4-9H2,1-3H3,(H,15,17)(H,18,19). The number of carboxylic acids is 1. The number of hydrogen-bond acceptors (Lipinski definition) is 5. The van der Waals surface area contributed by atoms with Crippen LogP contribution in [0.5, 0.6) is 0 Å². The highest BCUT2D eigenvalue weighted by Crippen LogP contribution is 2.22. The molecule has 7 nitrogen and oxygen atoms in total. The summed E-state index contributed by atoms with van der Waals surface area (Å²) in [5, 5.41) is 12.1. The first-order valence-electron chi connectivity index (χ1n) is 7.35. The van der Waals surface area contributed by atoms with E-state index in [-0.39, 0.29) is 24.6 Å². The number of amides is 1. The van der Waals surface area contributed by atoms with Gasteiger partial charge in [-0.1, -0.05) is 6.92 Å². The number of methoxy groups -OCH3 is 1. The maximum Gasteiger partial charge on any atom is 0.310 e. The van der Waals surface area contributed by atoms with Crippen LogP contribution in [0.3, 0.4) is 0 Å². The minimum atomic E-state index is -0.872. The van der Waals surface area contributed by atoms with Gasteiger partial charge in [0, 0.05) is 26.3 Å². The molecule has 0 radical (unpaired) electrons. The molecule has 0 aliphatic carbocycles. The average Bonchev–Trinajstić information content (AvgIpc) is 2.93. The largest absolute Gasteiger partial charge is 0.481 e. The van der Waals surface area contributed by atoms with Crippen LogP contribution >= 0.6 is 0 Å². The van der Waals surface area contributed by atoms with Crippen molar-refractivity contribution in [3.8, 4) is 0 Å². The number of carbonyl (C=O) groups is 2. The summed E-state index contributed by atoms with van der Waals surface area (Å²) in [5.74, 6) is -1.54. The Kier molecular flexibility index (Phi) is 7.63. The molecule has 0 bridgehead atoms. The zero-order valence-corrected chi connectivity index (χ0v) is 13.0. The second-order valence-corrected chi connectivity index (χ2v) is 5.19. The number of rotatable bonds is 9. The van der Waals surface area contributed by atoms with E-state index in [4.69, 9.17) is 9.47 Å². The van der Waals surface area contributed by atoms with Crippen molar-refractivity contribution >= 4 is 11.9 Å². The lowest BCUT2D eigenvalue weighted by Crippen LogP contribution is -2.53. The number of nitrogens with zero attached hydrogens (tertiary/aromatic N) is 1. The molecule has 1 rings (SSSR count). The Hall–Kier alpha value is -1.18. The van der Waals surface area contributed by atoms with E-state index < -0.39 is 11.9 Å². The molecular weight excluding hydrogens is 276 g/mol. The van der Waals surface area contributed by atoms with Crippen LogP contribution in [0, 0.1) is 5.92 Å². The molecule has 1 aliphatic rings. The lowest BCUT2D eigenvalue weighted by atomic mass is 10.0. The number of nitrogens with one attached hydrogen (secondary N) is 1. The van der Waals surface area contributed by atoms with Crippen LogP contribution < -0.4 is 5.32 Å². The summed E-state index contributed by atoms with van der Waals surface area (Å²) in [5.41, 5.74) is 0. The smallest absolute Gasteiger partial charge is 0.310 e. The number of aliphatic carboxylic acids is 1. The van der Waals surface area contributed by atoms with E-state index in [1.165, 1.54) is 0 Å². The van der Waals surface area contributed by atoms with Crippen LogP contribution in [0.25, 0.3) is 0 Å². The molecule has 0 aromatic heterocycles. The molecule has 0 aromatic carbocycles. The SMILES string of the molecule is CCN(C(C)C(=O)NCCCOC)C1COCC1C(=O)O. The topological polar surface area (TPSA) is 88.1 Å². The van der Waals surface area contributed by atoms with Crippen LogP contribution in [0.1, 0.15) is 20.3 Å². The molecule has 21 heavy (non-hydrogen) atoms. The van der Waals surface area contributed by atoms with Gasteiger partial charge in [0.1, 0.15) is 0 Å². The summed E-state index contributed by atoms with van der Waals surface area (Å²) >= 11 is 0. The van der Waals surface area contributed by atoms with Crippen molar-refractivity contribution in [3.05, 3.63) is 0 Å². The summed E-state index contributed by atoms with van der Waals surface area (Å²) < 4.78 is 10.2. The summed E-state index contributed by atoms with van der Waals surface area (Å²) in [6, 6.07) is -0.640. The van der Waals surface area contributed by atoms with Gasteiger partial charge in [0.15, 0.2) is 0 Å². The number of likely N-dealkylation sites (N-methyl/N-ethyl adjacent to an activating group) is 1. The number of hydrogen-bond donors (Lipinski definition) is 2. The van der Waals surface area contributed by atoms with Gasteiger partial charge in [-0.05, 0) is 19.9 Å². The van der Waals surface area contributed by atoms with Gasteiger partial charge in [-0.2, -0.15) is 0 Å². The second kappa shape index (κ2) is 8.96.